The zero-order valence-electron chi connectivity index (χ0n) is 11.6. The fourth-order valence-electron chi connectivity index (χ4n) is 2.51. The van der Waals surface area contributed by atoms with E-state index in [-0.39, 0.29) is 0 Å². The van der Waals surface area contributed by atoms with Gasteiger partial charge in [0.1, 0.15) is 0 Å². The van der Waals surface area contributed by atoms with Crippen LogP contribution in [0.25, 0.3) is 0 Å². The highest BCUT2D eigenvalue weighted by Gasteiger charge is 2.25. The molecule has 2 rings (SSSR count). The number of aryl methyl sites for hydroxylation is 1. The average Bonchev–Trinajstić information content (AvgIpc) is 2.34. The molecule has 1 aromatic carbocycles. The molecule has 0 radical (unpaired) electrons. The Morgan fingerprint density at radius 3 is 2.89 bits per heavy atom. The van der Waals surface area contributed by atoms with Gasteiger partial charge in [0, 0.05) is 24.8 Å². The normalized spacial score (nSPS) is 25.3. The minimum Gasteiger partial charge on any atom is -0.399 e. The number of hydrogen-bond acceptors (Lipinski definition) is 3. The maximum atomic E-state index is 5.98. The van der Waals surface area contributed by atoms with Crippen LogP contribution in [0.1, 0.15) is 31.4 Å². The van der Waals surface area contributed by atoms with E-state index in [1.165, 1.54) is 5.56 Å². The van der Waals surface area contributed by atoms with E-state index in [0.29, 0.717) is 12.1 Å². The van der Waals surface area contributed by atoms with Gasteiger partial charge in [-0.15, -0.1) is 0 Å². The molecule has 0 amide bonds. The van der Waals surface area contributed by atoms with Crippen molar-refractivity contribution in [1.82, 2.24) is 4.90 Å². The number of hydrogen-bond donors (Lipinski definition) is 1. The summed E-state index contributed by atoms with van der Waals surface area (Å²) >= 11 is 0. The molecule has 3 nitrogen and oxygen atoms in total. The Balaban J connectivity index is 2.08. The zero-order chi connectivity index (χ0) is 13.1. The maximum absolute atomic E-state index is 5.98. The lowest BCUT2D eigenvalue weighted by Crippen LogP contribution is -2.47. The van der Waals surface area contributed by atoms with Crippen molar-refractivity contribution in [3.05, 3.63) is 29.3 Å². The molecule has 0 aromatic heterocycles. The molecule has 1 fully saturated rings. The van der Waals surface area contributed by atoms with Crippen LogP contribution in [0.4, 0.5) is 5.69 Å². The Morgan fingerprint density at radius 2 is 2.22 bits per heavy atom. The molecule has 1 heterocycles. The second-order valence-electron chi connectivity index (χ2n) is 5.33. The molecule has 2 unspecified atom stereocenters. The largest absolute Gasteiger partial charge is 0.399 e. The van der Waals surface area contributed by atoms with E-state index < -0.39 is 0 Å². The summed E-state index contributed by atoms with van der Waals surface area (Å²) in [7, 11) is 0. The number of benzene rings is 1. The molecule has 0 bridgehead atoms. The summed E-state index contributed by atoms with van der Waals surface area (Å²) in [6, 6.07) is 6.92. The van der Waals surface area contributed by atoms with Gasteiger partial charge in [0.25, 0.3) is 0 Å². The van der Waals surface area contributed by atoms with E-state index in [4.69, 9.17) is 10.5 Å². The van der Waals surface area contributed by atoms with Crippen molar-refractivity contribution in [2.75, 3.05) is 18.9 Å². The number of anilines is 1. The highest BCUT2D eigenvalue weighted by Crippen LogP contribution is 2.20. The highest BCUT2D eigenvalue weighted by atomic mass is 16.5. The Bertz CT molecular complexity index is 405. The highest BCUT2D eigenvalue weighted by molar-refractivity contribution is 5.48. The van der Waals surface area contributed by atoms with E-state index in [1.54, 1.807) is 0 Å². The molecule has 18 heavy (non-hydrogen) atoms. The summed E-state index contributed by atoms with van der Waals surface area (Å²) in [4.78, 5) is 2.51. The van der Waals surface area contributed by atoms with Crippen molar-refractivity contribution < 1.29 is 4.74 Å². The van der Waals surface area contributed by atoms with Crippen LogP contribution in [0.15, 0.2) is 18.2 Å². The third kappa shape index (κ3) is 3.03. The smallest absolute Gasteiger partial charge is 0.0674 e. The second-order valence-corrected chi connectivity index (χ2v) is 5.33. The zero-order valence-corrected chi connectivity index (χ0v) is 11.6. The topological polar surface area (TPSA) is 38.5 Å². The fraction of sp³-hybridized carbons (Fsp3) is 0.600. The predicted octanol–water partition coefficient (Wildman–Crippen LogP) is 2.58. The van der Waals surface area contributed by atoms with Gasteiger partial charge < -0.3 is 10.5 Å². The van der Waals surface area contributed by atoms with Crippen LogP contribution >= 0.6 is 0 Å². The summed E-state index contributed by atoms with van der Waals surface area (Å²) in [6.45, 7) is 9.23. The van der Waals surface area contributed by atoms with Gasteiger partial charge in [-0.05, 0) is 37.5 Å². The molecule has 1 saturated heterocycles. The lowest BCUT2D eigenvalue weighted by atomic mass is 10.1. The minimum atomic E-state index is 0.329. The molecule has 1 aliphatic rings. The van der Waals surface area contributed by atoms with Gasteiger partial charge in [0.15, 0.2) is 0 Å². The summed E-state index contributed by atoms with van der Waals surface area (Å²) in [6.07, 6.45) is 1.46. The van der Waals surface area contributed by atoms with Crippen LogP contribution in [0.3, 0.4) is 0 Å². The molecule has 1 aromatic rings. The third-order valence-electron chi connectivity index (χ3n) is 3.78. The SMILES string of the molecule is CCC1COC(C)CN1Cc1ccc(C)c(N)c1. The van der Waals surface area contributed by atoms with Gasteiger partial charge >= 0.3 is 0 Å². The first-order chi connectivity index (χ1) is 8.60. The number of nitrogen functional groups attached to an aromatic ring is 1. The Kier molecular flexibility index (Phi) is 4.25. The van der Waals surface area contributed by atoms with Crippen LogP contribution < -0.4 is 5.73 Å². The minimum absolute atomic E-state index is 0.329. The molecule has 2 N–H and O–H groups in total. The van der Waals surface area contributed by atoms with Crippen LogP contribution in [-0.2, 0) is 11.3 Å². The number of ether oxygens (including phenoxy) is 1. The quantitative estimate of drug-likeness (QED) is 0.836. The monoisotopic (exact) mass is 248 g/mol. The molecule has 0 spiro atoms. The number of nitrogens with zero attached hydrogens (tertiary/aromatic N) is 1. The van der Waals surface area contributed by atoms with Gasteiger partial charge in [0.2, 0.25) is 0 Å². The maximum Gasteiger partial charge on any atom is 0.0674 e. The lowest BCUT2D eigenvalue weighted by Gasteiger charge is -2.38. The number of morpholine rings is 1. The lowest BCUT2D eigenvalue weighted by molar-refractivity contribution is -0.0591. The van der Waals surface area contributed by atoms with E-state index in [9.17, 15) is 0 Å². The van der Waals surface area contributed by atoms with Crippen molar-refractivity contribution in [2.45, 2.75) is 45.9 Å². The number of nitrogens with two attached hydrogens (primary N) is 1. The van der Waals surface area contributed by atoms with Crippen LogP contribution in [-0.4, -0.2) is 30.2 Å². The first kappa shape index (κ1) is 13.4. The van der Waals surface area contributed by atoms with E-state index in [2.05, 4.69) is 36.9 Å². The predicted molar refractivity (Wildman–Crippen MR) is 75.5 cm³/mol. The summed E-state index contributed by atoms with van der Waals surface area (Å²) in [5.74, 6) is 0. The molecule has 0 aliphatic carbocycles. The van der Waals surface area contributed by atoms with Crippen LogP contribution in [0, 0.1) is 6.92 Å². The molecule has 1 aliphatic heterocycles. The fourth-order valence-corrected chi connectivity index (χ4v) is 2.51. The van der Waals surface area contributed by atoms with Gasteiger partial charge in [-0.2, -0.15) is 0 Å². The van der Waals surface area contributed by atoms with Crippen molar-refractivity contribution in [2.24, 2.45) is 0 Å². The Morgan fingerprint density at radius 1 is 1.44 bits per heavy atom. The molecule has 2 atom stereocenters. The standard InChI is InChI=1S/C15H24N2O/c1-4-14-10-18-12(3)8-17(14)9-13-6-5-11(2)15(16)7-13/h5-7,12,14H,4,8-10,16H2,1-3H3. The molecular formula is C15H24N2O. The summed E-state index contributed by atoms with van der Waals surface area (Å²) < 4.78 is 5.73. The third-order valence-corrected chi connectivity index (χ3v) is 3.78. The van der Waals surface area contributed by atoms with Crippen molar-refractivity contribution >= 4 is 5.69 Å². The molecule has 3 heteroatoms. The van der Waals surface area contributed by atoms with Crippen molar-refractivity contribution in [1.29, 1.82) is 0 Å². The Hall–Kier alpha value is -1.06. The van der Waals surface area contributed by atoms with Gasteiger partial charge in [-0.1, -0.05) is 19.1 Å². The van der Waals surface area contributed by atoms with E-state index in [0.717, 1.165) is 37.4 Å². The molecule has 0 saturated carbocycles. The molecule has 100 valence electrons. The van der Waals surface area contributed by atoms with E-state index in [1.807, 2.05) is 6.92 Å². The molecular weight excluding hydrogens is 224 g/mol. The summed E-state index contributed by atoms with van der Waals surface area (Å²) in [5.41, 5.74) is 9.32. The van der Waals surface area contributed by atoms with Crippen molar-refractivity contribution in [3.63, 3.8) is 0 Å². The average molecular weight is 248 g/mol. The number of rotatable bonds is 3. The van der Waals surface area contributed by atoms with Crippen LogP contribution in [0.5, 0.6) is 0 Å². The van der Waals surface area contributed by atoms with Crippen molar-refractivity contribution in [3.8, 4) is 0 Å². The second kappa shape index (κ2) is 5.72. The first-order valence-electron chi connectivity index (χ1n) is 6.80. The first-order valence-corrected chi connectivity index (χ1v) is 6.80. The van der Waals surface area contributed by atoms with Gasteiger partial charge in [0.05, 0.1) is 12.7 Å². The summed E-state index contributed by atoms with van der Waals surface area (Å²) in [5, 5.41) is 0. The Labute approximate surface area is 110 Å². The van der Waals surface area contributed by atoms with Gasteiger partial charge in [-0.3, -0.25) is 4.90 Å². The van der Waals surface area contributed by atoms with Crippen LogP contribution in [0.2, 0.25) is 0 Å². The van der Waals surface area contributed by atoms with Gasteiger partial charge in [-0.25, -0.2) is 0 Å². The van der Waals surface area contributed by atoms with E-state index >= 15 is 0 Å².